The molecule has 1 saturated carbocycles. The van der Waals surface area contributed by atoms with Crippen molar-refractivity contribution in [3.05, 3.63) is 28.5 Å². The quantitative estimate of drug-likeness (QED) is 0.657. The van der Waals surface area contributed by atoms with Gasteiger partial charge >= 0.3 is 0 Å². The van der Waals surface area contributed by atoms with E-state index in [2.05, 4.69) is 16.8 Å². The van der Waals surface area contributed by atoms with Crippen LogP contribution in [0.25, 0.3) is 0 Å². The zero-order valence-electron chi connectivity index (χ0n) is 16.8. The van der Waals surface area contributed by atoms with E-state index >= 15 is 0 Å². The Labute approximate surface area is 180 Å². The number of carbonyl (C=O) groups is 1. The smallest absolute Gasteiger partial charge is 0.234 e. The Morgan fingerprint density at radius 2 is 1.90 bits per heavy atom. The van der Waals surface area contributed by atoms with Crippen LogP contribution in [0.4, 0.5) is 5.69 Å². The van der Waals surface area contributed by atoms with Gasteiger partial charge in [0, 0.05) is 23.9 Å². The van der Waals surface area contributed by atoms with Crippen molar-refractivity contribution < 1.29 is 14.3 Å². The molecule has 2 heterocycles. The van der Waals surface area contributed by atoms with Gasteiger partial charge in [0.1, 0.15) is 13.2 Å². The molecule has 1 aliphatic heterocycles. The first kappa shape index (κ1) is 20.4. The SMILES string of the molecule is Cc1nc(SCC(=O)Nc2cc3c(cc2Cl)OCCO3)n(C2CCCCC2)c1C. The molecule has 2 aliphatic rings. The summed E-state index contributed by atoms with van der Waals surface area (Å²) in [6.45, 7) is 5.14. The molecular weight excluding hydrogens is 410 g/mol. The lowest BCUT2D eigenvalue weighted by Gasteiger charge is -2.26. The van der Waals surface area contributed by atoms with Gasteiger partial charge in [-0.25, -0.2) is 4.98 Å². The lowest BCUT2D eigenvalue weighted by molar-refractivity contribution is -0.113. The second-order valence-corrected chi connectivity index (χ2v) is 8.89. The van der Waals surface area contributed by atoms with Crippen molar-refractivity contribution in [3.63, 3.8) is 0 Å². The molecule has 1 aliphatic carbocycles. The van der Waals surface area contributed by atoms with E-state index in [1.54, 1.807) is 12.1 Å². The Morgan fingerprint density at radius 3 is 2.62 bits per heavy atom. The summed E-state index contributed by atoms with van der Waals surface area (Å²) < 4.78 is 13.4. The highest BCUT2D eigenvalue weighted by atomic mass is 35.5. The molecule has 1 aromatic heterocycles. The van der Waals surface area contributed by atoms with E-state index in [-0.39, 0.29) is 11.7 Å². The van der Waals surface area contributed by atoms with Crippen molar-refractivity contribution in [2.45, 2.75) is 57.1 Å². The lowest BCUT2D eigenvalue weighted by Crippen LogP contribution is -2.18. The number of thioether (sulfide) groups is 1. The zero-order chi connectivity index (χ0) is 20.4. The number of nitrogens with zero attached hydrogens (tertiary/aromatic N) is 2. The number of aryl methyl sites for hydroxylation is 1. The highest BCUT2D eigenvalue weighted by Gasteiger charge is 2.23. The Hall–Kier alpha value is -1.86. The summed E-state index contributed by atoms with van der Waals surface area (Å²) in [5, 5.41) is 4.25. The van der Waals surface area contributed by atoms with Crippen LogP contribution in [0.1, 0.15) is 49.5 Å². The van der Waals surface area contributed by atoms with Crippen LogP contribution >= 0.6 is 23.4 Å². The first-order valence-electron chi connectivity index (χ1n) is 10.1. The number of hydrogen-bond acceptors (Lipinski definition) is 5. The van der Waals surface area contributed by atoms with Crippen LogP contribution in [0.3, 0.4) is 0 Å². The Bertz CT molecular complexity index is 909. The number of amides is 1. The zero-order valence-corrected chi connectivity index (χ0v) is 18.4. The van der Waals surface area contributed by atoms with Gasteiger partial charge in [-0.2, -0.15) is 0 Å². The van der Waals surface area contributed by atoms with E-state index in [0.29, 0.717) is 41.5 Å². The molecule has 1 fully saturated rings. The summed E-state index contributed by atoms with van der Waals surface area (Å²) in [4.78, 5) is 17.3. The standard InChI is InChI=1S/C21H26ClN3O3S/c1-13-14(2)25(15-6-4-3-5-7-15)21(23-13)29-12-20(26)24-17-11-19-18(10-16(17)22)27-8-9-28-19/h10-11,15H,3-9,12H2,1-2H3,(H,24,26). The average molecular weight is 436 g/mol. The number of hydrogen-bond donors (Lipinski definition) is 1. The fourth-order valence-electron chi connectivity index (χ4n) is 3.94. The monoisotopic (exact) mass is 435 g/mol. The molecule has 4 rings (SSSR count). The highest BCUT2D eigenvalue weighted by molar-refractivity contribution is 7.99. The number of anilines is 1. The van der Waals surface area contributed by atoms with Gasteiger partial charge < -0.3 is 19.4 Å². The van der Waals surface area contributed by atoms with Crippen molar-refractivity contribution in [3.8, 4) is 11.5 Å². The maximum absolute atomic E-state index is 12.6. The summed E-state index contributed by atoms with van der Waals surface area (Å²) in [5.41, 5.74) is 2.77. The minimum Gasteiger partial charge on any atom is -0.486 e. The van der Waals surface area contributed by atoms with Crippen LogP contribution in [0.2, 0.25) is 5.02 Å². The predicted octanol–water partition coefficient (Wildman–Crippen LogP) is 5.16. The molecule has 0 bridgehead atoms. The number of nitrogens with one attached hydrogen (secondary N) is 1. The van der Waals surface area contributed by atoms with Gasteiger partial charge in [0.2, 0.25) is 5.91 Å². The molecular formula is C21H26ClN3O3S. The molecule has 29 heavy (non-hydrogen) atoms. The molecule has 156 valence electrons. The van der Waals surface area contributed by atoms with Gasteiger partial charge in [0.15, 0.2) is 16.7 Å². The van der Waals surface area contributed by atoms with Crippen LogP contribution < -0.4 is 14.8 Å². The third-order valence-electron chi connectivity index (χ3n) is 5.53. The first-order valence-corrected chi connectivity index (χ1v) is 11.5. The van der Waals surface area contributed by atoms with Crippen molar-refractivity contribution in [2.24, 2.45) is 0 Å². The van der Waals surface area contributed by atoms with Gasteiger partial charge in [-0.05, 0) is 26.7 Å². The van der Waals surface area contributed by atoms with E-state index < -0.39 is 0 Å². The van der Waals surface area contributed by atoms with Crippen molar-refractivity contribution in [2.75, 3.05) is 24.3 Å². The average Bonchev–Trinajstić information content (AvgIpc) is 3.01. The van der Waals surface area contributed by atoms with Crippen LogP contribution in [0, 0.1) is 13.8 Å². The van der Waals surface area contributed by atoms with Gasteiger partial charge in [-0.15, -0.1) is 0 Å². The number of aromatic nitrogens is 2. The number of fused-ring (bicyclic) bond motifs is 1. The summed E-state index contributed by atoms with van der Waals surface area (Å²) in [7, 11) is 0. The Kier molecular flexibility index (Phi) is 6.25. The van der Waals surface area contributed by atoms with Crippen molar-refractivity contribution in [1.82, 2.24) is 9.55 Å². The Morgan fingerprint density at radius 1 is 1.21 bits per heavy atom. The van der Waals surface area contributed by atoms with E-state index in [0.717, 1.165) is 10.9 Å². The Balaban J connectivity index is 1.43. The molecule has 1 aromatic carbocycles. The van der Waals surface area contributed by atoms with Crippen LogP contribution in [-0.2, 0) is 4.79 Å². The number of benzene rings is 1. The first-order chi connectivity index (χ1) is 14.0. The normalized spacial score (nSPS) is 16.7. The highest BCUT2D eigenvalue weighted by Crippen LogP contribution is 2.38. The molecule has 0 saturated heterocycles. The lowest BCUT2D eigenvalue weighted by atomic mass is 9.95. The number of rotatable bonds is 5. The maximum atomic E-state index is 12.6. The van der Waals surface area contributed by atoms with Crippen LogP contribution in [-0.4, -0.2) is 34.4 Å². The second kappa shape index (κ2) is 8.88. The third-order valence-corrected chi connectivity index (χ3v) is 6.80. The fourth-order valence-corrected chi connectivity index (χ4v) is 5.10. The van der Waals surface area contributed by atoms with Gasteiger partial charge in [0.25, 0.3) is 0 Å². The number of ether oxygens (including phenoxy) is 2. The van der Waals surface area contributed by atoms with E-state index in [9.17, 15) is 4.79 Å². The molecule has 6 nitrogen and oxygen atoms in total. The van der Waals surface area contributed by atoms with Crippen LogP contribution in [0.15, 0.2) is 17.3 Å². The van der Waals surface area contributed by atoms with Crippen molar-refractivity contribution >= 4 is 35.0 Å². The molecule has 1 amide bonds. The second-order valence-electron chi connectivity index (χ2n) is 7.54. The van der Waals surface area contributed by atoms with Crippen LogP contribution in [0.5, 0.6) is 11.5 Å². The third kappa shape index (κ3) is 4.51. The molecule has 0 spiro atoms. The fraction of sp³-hybridized carbons (Fsp3) is 0.524. The van der Waals surface area contributed by atoms with E-state index in [1.165, 1.54) is 49.6 Å². The van der Waals surface area contributed by atoms with Gasteiger partial charge in [-0.3, -0.25) is 4.79 Å². The summed E-state index contributed by atoms with van der Waals surface area (Å²) in [5.74, 6) is 1.35. The number of imidazole rings is 1. The largest absolute Gasteiger partial charge is 0.486 e. The van der Waals surface area contributed by atoms with Gasteiger partial charge in [-0.1, -0.05) is 42.6 Å². The molecule has 2 aromatic rings. The number of carbonyl (C=O) groups excluding carboxylic acids is 1. The van der Waals surface area contributed by atoms with Crippen molar-refractivity contribution in [1.29, 1.82) is 0 Å². The summed E-state index contributed by atoms with van der Waals surface area (Å²) >= 11 is 7.78. The molecule has 0 atom stereocenters. The minimum absolute atomic E-state index is 0.123. The molecule has 0 radical (unpaired) electrons. The van der Waals surface area contributed by atoms with Gasteiger partial charge in [0.05, 0.1) is 22.2 Å². The number of halogens is 1. The summed E-state index contributed by atoms with van der Waals surface area (Å²) in [6.07, 6.45) is 6.19. The summed E-state index contributed by atoms with van der Waals surface area (Å²) in [6, 6.07) is 3.89. The predicted molar refractivity (Wildman–Crippen MR) is 116 cm³/mol. The minimum atomic E-state index is -0.123. The molecule has 0 unspecified atom stereocenters. The molecule has 1 N–H and O–H groups in total. The maximum Gasteiger partial charge on any atom is 0.234 e. The van der Waals surface area contributed by atoms with E-state index in [4.69, 9.17) is 26.1 Å². The topological polar surface area (TPSA) is 65.4 Å². The molecule has 8 heteroatoms. The van der Waals surface area contributed by atoms with E-state index in [1.807, 2.05) is 6.92 Å².